The first-order chi connectivity index (χ1) is 11.9. The molecule has 25 heavy (non-hydrogen) atoms. The lowest BCUT2D eigenvalue weighted by Crippen LogP contribution is -2.15. The lowest BCUT2D eigenvalue weighted by atomic mass is 10.1. The summed E-state index contributed by atoms with van der Waals surface area (Å²) in [4.78, 5) is 12.2. The largest absolute Gasteiger partial charge is 0.493 e. The average Bonchev–Trinajstić information content (AvgIpc) is 2.89. The Bertz CT molecular complexity index is 820. The summed E-state index contributed by atoms with van der Waals surface area (Å²) in [6.45, 7) is 0. The van der Waals surface area contributed by atoms with Crippen LogP contribution in [0.3, 0.4) is 0 Å². The molecule has 0 aliphatic carbocycles. The van der Waals surface area contributed by atoms with E-state index in [1.165, 1.54) is 32.4 Å². The van der Waals surface area contributed by atoms with E-state index in [4.69, 9.17) is 14.2 Å². The minimum absolute atomic E-state index is 0.129. The molecule has 0 saturated heterocycles. The molecule has 132 valence electrons. The number of halogens is 3. The smallest absolute Gasteiger partial charge is 0.418 e. The molecule has 0 radical (unpaired) electrons. The number of hydrogen-bond acceptors (Lipinski definition) is 5. The number of nitrogens with one attached hydrogen (secondary N) is 1. The maximum Gasteiger partial charge on any atom is 0.418 e. The van der Waals surface area contributed by atoms with Crippen molar-refractivity contribution in [2.24, 2.45) is 0 Å². The highest BCUT2D eigenvalue weighted by Gasteiger charge is 2.38. The summed E-state index contributed by atoms with van der Waals surface area (Å²) in [6, 6.07) is 8.09. The molecule has 0 fully saturated rings. The molecule has 2 aromatic rings. The Kier molecular flexibility index (Phi) is 4.20. The number of para-hydroxylation sites is 1. The van der Waals surface area contributed by atoms with Crippen LogP contribution < -0.4 is 14.8 Å². The normalized spacial score (nSPS) is 16.2. The quantitative estimate of drug-likeness (QED) is 0.842. The highest BCUT2D eigenvalue weighted by Crippen LogP contribution is 2.43. The van der Waals surface area contributed by atoms with Gasteiger partial charge in [0, 0.05) is 11.3 Å². The van der Waals surface area contributed by atoms with Gasteiger partial charge in [-0.2, -0.15) is 13.2 Å². The van der Waals surface area contributed by atoms with Gasteiger partial charge in [0.25, 0.3) is 0 Å². The van der Waals surface area contributed by atoms with Gasteiger partial charge in [-0.05, 0) is 24.3 Å². The molecule has 0 saturated carbocycles. The topological polar surface area (TPSA) is 56.8 Å². The highest BCUT2D eigenvalue weighted by atomic mass is 19.4. The van der Waals surface area contributed by atoms with Gasteiger partial charge in [-0.3, -0.25) is 0 Å². The van der Waals surface area contributed by atoms with Crippen molar-refractivity contribution in [1.82, 2.24) is 0 Å². The number of carbonyl (C=O) groups excluding carboxylic acids is 1. The maximum absolute atomic E-state index is 13.1. The molecule has 1 aliphatic rings. The molecular weight excluding hydrogens is 339 g/mol. The molecule has 0 spiro atoms. The molecule has 0 amide bonds. The molecule has 8 heteroatoms. The van der Waals surface area contributed by atoms with Crippen LogP contribution in [0.25, 0.3) is 0 Å². The van der Waals surface area contributed by atoms with Crippen molar-refractivity contribution in [1.29, 1.82) is 0 Å². The summed E-state index contributed by atoms with van der Waals surface area (Å²) in [5.74, 6) is -0.194. The summed E-state index contributed by atoms with van der Waals surface area (Å²) in [7, 11) is 2.78. The Morgan fingerprint density at radius 3 is 2.44 bits per heavy atom. The highest BCUT2D eigenvalue weighted by molar-refractivity contribution is 5.98. The summed E-state index contributed by atoms with van der Waals surface area (Å²) in [6.07, 6.45) is -5.60. The molecule has 1 atom stereocenters. The second-order valence-electron chi connectivity index (χ2n) is 5.24. The zero-order chi connectivity index (χ0) is 18.2. The summed E-state index contributed by atoms with van der Waals surface area (Å²) in [5.41, 5.74) is -0.529. The van der Waals surface area contributed by atoms with E-state index in [0.29, 0.717) is 11.3 Å². The first kappa shape index (κ1) is 16.9. The van der Waals surface area contributed by atoms with Crippen LogP contribution >= 0.6 is 0 Å². The number of methoxy groups -OCH3 is 2. The predicted molar refractivity (Wildman–Crippen MR) is 82.8 cm³/mol. The van der Waals surface area contributed by atoms with Crippen molar-refractivity contribution in [2.75, 3.05) is 19.5 Å². The number of benzene rings is 2. The van der Waals surface area contributed by atoms with Crippen LogP contribution in [0.5, 0.6) is 11.5 Å². The monoisotopic (exact) mass is 353 g/mol. The van der Waals surface area contributed by atoms with Gasteiger partial charge in [0.2, 0.25) is 6.23 Å². The van der Waals surface area contributed by atoms with Crippen LogP contribution in [0.4, 0.5) is 18.9 Å². The van der Waals surface area contributed by atoms with Gasteiger partial charge in [0.1, 0.15) is 5.56 Å². The molecule has 0 unspecified atom stereocenters. The van der Waals surface area contributed by atoms with E-state index in [-0.39, 0.29) is 17.0 Å². The minimum atomic E-state index is -4.54. The van der Waals surface area contributed by atoms with E-state index in [1.54, 1.807) is 12.1 Å². The Hall–Kier alpha value is -2.90. The fourth-order valence-electron chi connectivity index (χ4n) is 2.71. The van der Waals surface area contributed by atoms with Crippen LogP contribution in [0.1, 0.15) is 27.7 Å². The van der Waals surface area contributed by atoms with E-state index in [0.717, 1.165) is 6.07 Å². The van der Waals surface area contributed by atoms with Crippen LogP contribution in [0, 0.1) is 0 Å². The van der Waals surface area contributed by atoms with E-state index < -0.39 is 23.9 Å². The number of ether oxygens (including phenoxy) is 3. The van der Waals surface area contributed by atoms with Crippen LogP contribution in [-0.2, 0) is 10.9 Å². The van der Waals surface area contributed by atoms with E-state index in [2.05, 4.69) is 5.32 Å². The molecule has 2 aromatic carbocycles. The van der Waals surface area contributed by atoms with Crippen molar-refractivity contribution in [3.8, 4) is 11.5 Å². The first-order valence-corrected chi connectivity index (χ1v) is 7.25. The number of cyclic esters (lactones) is 1. The first-order valence-electron chi connectivity index (χ1n) is 7.25. The average molecular weight is 353 g/mol. The second-order valence-corrected chi connectivity index (χ2v) is 5.24. The number of hydrogen-bond donors (Lipinski definition) is 1. The van der Waals surface area contributed by atoms with Gasteiger partial charge >= 0.3 is 12.1 Å². The summed E-state index contributed by atoms with van der Waals surface area (Å²) in [5, 5.41) is 2.63. The third-order valence-electron chi connectivity index (χ3n) is 3.81. The molecule has 3 rings (SSSR count). The lowest BCUT2D eigenvalue weighted by Gasteiger charge is -2.18. The number of fused-ring (bicyclic) bond motifs is 1. The van der Waals surface area contributed by atoms with Gasteiger partial charge in [0.05, 0.1) is 19.8 Å². The molecule has 1 heterocycles. The van der Waals surface area contributed by atoms with Gasteiger partial charge in [-0.25, -0.2) is 4.79 Å². The molecule has 1 aliphatic heterocycles. The fourth-order valence-corrected chi connectivity index (χ4v) is 2.71. The molecule has 5 nitrogen and oxygen atoms in total. The molecule has 0 bridgehead atoms. The summed E-state index contributed by atoms with van der Waals surface area (Å²) >= 11 is 0. The van der Waals surface area contributed by atoms with Crippen molar-refractivity contribution >= 4 is 11.7 Å². The van der Waals surface area contributed by atoms with E-state index >= 15 is 0 Å². The molecule has 1 N–H and O–H groups in total. The summed E-state index contributed by atoms with van der Waals surface area (Å²) < 4.78 is 54.9. The van der Waals surface area contributed by atoms with Crippen molar-refractivity contribution in [3.05, 3.63) is 53.1 Å². The van der Waals surface area contributed by atoms with E-state index in [9.17, 15) is 18.0 Å². The van der Waals surface area contributed by atoms with Gasteiger partial charge < -0.3 is 19.5 Å². The minimum Gasteiger partial charge on any atom is -0.493 e. The lowest BCUT2D eigenvalue weighted by molar-refractivity contribution is -0.137. The SMILES string of the molecule is COc1ccc2c(c1OC)C(=O)O[C@H]2Nc1ccccc1C(F)(F)F. The zero-order valence-corrected chi connectivity index (χ0v) is 13.3. The number of rotatable bonds is 4. The van der Waals surface area contributed by atoms with Crippen molar-refractivity contribution in [2.45, 2.75) is 12.4 Å². The fraction of sp³-hybridized carbons (Fsp3) is 0.235. The number of anilines is 1. The number of alkyl halides is 3. The Morgan fingerprint density at radius 2 is 1.80 bits per heavy atom. The second kappa shape index (κ2) is 6.19. The Labute approximate surface area is 141 Å². The van der Waals surface area contributed by atoms with Gasteiger partial charge in [-0.1, -0.05) is 12.1 Å². The third-order valence-corrected chi connectivity index (χ3v) is 3.81. The Balaban J connectivity index is 2.01. The maximum atomic E-state index is 13.1. The van der Waals surface area contributed by atoms with Crippen LogP contribution in [0.15, 0.2) is 36.4 Å². The van der Waals surface area contributed by atoms with Crippen LogP contribution in [0.2, 0.25) is 0 Å². The van der Waals surface area contributed by atoms with Crippen molar-refractivity contribution < 1.29 is 32.2 Å². The van der Waals surface area contributed by atoms with E-state index in [1.807, 2.05) is 0 Å². The van der Waals surface area contributed by atoms with Crippen molar-refractivity contribution in [3.63, 3.8) is 0 Å². The number of carbonyl (C=O) groups is 1. The molecular formula is C17H14F3NO4. The zero-order valence-electron chi connectivity index (χ0n) is 13.3. The number of esters is 1. The Morgan fingerprint density at radius 1 is 1.08 bits per heavy atom. The third kappa shape index (κ3) is 2.95. The van der Waals surface area contributed by atoms with Gasteiger partial charge in [0.15, 0.2) is 11.5 Å². The van der Waals surface area contributed by atoms with Crippen LogP contribution in [-0.4, -0.2) is 20.2 Å². The van der Waals surface area contributed by atoms with Gasteiger partial charge in [-0.15, -0.1) is 0 Å². The standard InChI is InChI=1S/C17H14F3NO4/c1-23-12-8-7-9-13(14(12)24-2)16(22)25-15(9)21-11-6-4-3-5-10(11)17(18,19)20/h3-8,15,21H,1-2H3/t15-/m1/s1. The molecule has 0 aromatic heterocycles. The predicted octanol–water partition coefficient (Wildman–Crippen LogP) is 4.00.